The molecule has 1 N–H and O–H groups in total. The van der Waals surface area contributed by atoms with Crippen LogP contribution >= 0.6 is 11.3 Å². The molecule has 1 fully saturated rings. The van der Waals surface area contributed by atoms with E-state index in [0.29, 0.717) is 11.7 Å². The molecule has 0 aliphatic carbocycles. The van der Waals surface area contributed by atoms with Crippen molar-refractivity contribution < 1.29 is 19.0 Å². The molecule has 0 saturated carbocycles. The van der Waals surface area contributed by atoms with E-state index in [4.69, 9.17) is 14.2 Å². The molecule has 1 atom stereocenters. The molecule has 0 bridgehead atoms. The molecule has 1 amide bonds. The molecule has 0 radical (unpaired) electrons. The van der Waals surface area contributed by atoms with Crippen molar-refractivity contribution in [1.29, 1.82) is 0 Å². The Morgan fingerprint density at radius 1 is 1.32 bits per heavy atom. The number of ether oxygens (including phenoxy) is 3. The molecular weight excluding hydrogens is 304 g/mol. The van der Waals surface area contributed by atoms with Gasteiger partial charge < -0.3 is 14.2 Å². The molecule has 1 saturated heterocycles. The summed E-state index contributed by atoms with van der Waals surface area (Å²) in [6, 6.07) is 5.68. The molecule has 2 aliphatic heterocycles. The van der Waals surface area contributed by atoms with Gasteiger partial charge in [-0.3, -0.25) is 10.1 Å². The molecule has 22 heavy (non-hydrogen) atoms. The van der Waals surface area contributed by atoms with Crippen LogP contribution in [0.4, 0.5) is 5.13 Å². The summed E-state index contributed by atoms with van der Waals surface area (Å²) in [7, 11) is 0. The third-order valence-electron chi connectivity index (χ3n) is 3.62. The first kappa shape index (κ1) is 13.5. The number of nitrogens with one attached hydrogen (secondary N) is 1. The lowest BCUT2D eigenvalue weighted by Gasteiger charge is -2.07. The van der Waals surface area contributed by atoms with E-state index in [-0.39, 0.29) is 18.8 Å². The van der Waals surface area contributed by atoms with Crippen molar-refractivity contribution in [2.24, 2.45) is 0 Å². The van der Waals surface area contributed by atoms with Crippen molar-refractivity contribution in [3.63, 3.8) is 0 Å². The van der Waals surface area contributed by atoms with Crippen LogP contribution in [0.1, 0.15) is 12.8 Å². The van der Waals surface area contributed by atoms with Gasteiger partial charge >= 0.3 is 0 Å². The summed E-state index contributed by atoms with van der Waals surface area (Å²) >= 11 is 1.39. The number of anilines is 1. The zero-order chi connectivity index (χ0) is 14.9. The fourth-order valence-corrected chi connectivity index (χ4v) is 3.21. The van der Waals surface area contributed by atoms with E-state index in [9.17, 15) is 4.79 Å². The van der Waals surface area contributed by atoms with Gasteiger partial charge in [-0.1, -0.05) is 0 Å². The molecule has 1 aromatic heterocycles. The highest BCUT2D eigenvalue weighted by atomic mass is 32.1. The SMILES string of the molecule is O=C(Nc1nc(-c2ccc3c(c2)OCO3)cs1)[C@H]1CCCO1. The van der Waals surface area contributed by atoms with Gasteiger partial charge in [0.25, 0.3) is 5.91 Å². The van der Waals surface area contributed by atoms with Crippen LogP contribution in [0.3, 0.4) is 0 Å². The van der Waals surface area contributed by atoms with Crippen LogP contribution in [-0.4, -0.2) is 30.4 Å². The van der Waals surface area contributed by atoms with Crippen molar-refractivity contribution in [3.8, 4) is 22.8 Å². The molecule has 7 heteroatoms. The van der Waals surface area contributed by atoms with Gasteiger partial charge in [0.2, 0.25) is 6.79 Å². The predicted octanol–water partition coefficient (Wildman–Crippen LogP) is 2.66. The van der Waals surface area contributed by atoms with Gasteiger partial charge in [-0.05, 0) is 31.0 Å². The number of carbonyl (C=O) groups is 1. The molecule has 0 spiro atoms. The number of carbonyl (C=O) groups excluding carboxylic acids is 1. The second-order valence-electron chi connectivity index (χ2n) is 5.10. The van der Waals surface area contributed by atoms with E-state index in [0.717, 1.165) is 35.6 Å². The number of thiazole rings is 1. The topological polar surface area (TPSA) is 69.7 Å². The number of hydrogen-bond donors (Lipinski definition) is 1. The van der Waals surface area contributed by atoms with Crippen LogP contribution in [0.25, 0.3) is 11.3 Å². The maximum Gasteiger partial charge on any atom is 0.255 e. The van der Waals surface area contributed by atoms with E-state index in [1.54, 1.807) is 0 Å². The van der Waals surface area contributed by atoms with E-state index in [1.165, 1.54) is 11.3 Å². The van der Waals surface area contributed by atoms with E-state index < -0.39 is 0 Å². The summed E-state index contributed by atoms with van der Waals surface area (Å²) in [5.74, 6) is 1.34. The number of hydrogen-bond acceptors (Lipinski definition) is 6. The number of benzene rings is 1. The van der Waals surface area contributed by atoms with Crippen LogP contribution in [0.15, 0.2) is 23.6 Å². The normalized spacial score (nSPS) is 19.4. The van der Waals surface area contributed by atoms with Crippen LogP contribution in [-0.2, 0) is 9.53 Å². The lowest BCUT2D eigenvalue weighted by Crippen LogP contribution is -2.26. The zero-order valence-corrected chi connectivity index (χ0v) is 12.5. The lowest BCUT2D eigenvalue weighted by molar-refractivity contribution is -0.124. The minimum Gasteiger partial charge on any atom is -0.454 e. The van der Waals surface area contributed by atoms with Gasteiger partial charge in [0, 0.05) is 17.6 Å². The summed E-state index contributed by atoms with van der Waals surface area (Å²) in [6.45, 7) is 0.900. The van der Waals surface area contributed by atoms with Gasteiger partial charge in [0.15, 0.2) is 16.6 Å². The molecule has 2 aromatic rings. The van der Waals surface area contributed by atoms with Crippen LogP contribution in [0.2, 0.25) is 0 Å². The minimum absolute atomic E-state index is 0.121. The maximum atomic E-state index is 12.0. The number of fused-ring (bicyclic) bond motifs is 1. The predicted molar refractivity (Wildman–Crippen MR) is 81.3 cm³/mol. The van der Waals surface area contributed by atoms with Crippen molar-refractivity contribution in [1.82, 2.24) is 4.98 Å². The Bertz CT molecular complexity index is 709. The van der Waals surface area contributed by atoms with Crippen molar-refractivity contribution >= 4 is 22.4 Å². The zero-order valence-electron chi connectivity index (χ0n) is 11.7. The highest BCUT2D eigenvalue weighted by Gasteiger charge is 2.24. The van der Waals surface area contributed by atoms with E-state index in [2.05, 4.69) is 10.3 Å². The summed E-state index contributed by atoms with van der Waals surface area (Å²) in [4.78, 5) is 16.5. The Morgan fingerprint density at radius 2 is 2.23 bits per heavy atom. The Labute approximate surface area is 131 Å². The number of aromatic nitrogens is 1. The second kappa shape index (κ2) is 5.58. The molecule has 1 aromatic carbocycles. The molecule has 3 heterocycles. The standard InChI is InChI=1S/C15H14N2O4S/c18-14(12-2-1-5-19-12)17-15-16-10(7-22-15)9-3-4-11-13(6-9)21-8-20-11/h3-4,6-7,12H,1-2,5,8H2,(H,16,17,18)/t12-/m1/s1. The maximum absolute atomic E-state index is 12.0. The quantitative estimate of drug-likeness (QED) is 0.942. The van der Waals surface area contributed by atoms with E-state index in [1.807, 2.05) is 23.6 Å². The van der Waals surface area contributed by atoms with Crippen molar-refractivity contribution in [3.05, 3.63) is 23.6 Å². The Kier molecular flexibility index (Phi) is 3.44. The van der Waals surface area contributed by atoms with Crippen LogP contribution in [0, 0.1) is 0 Å². The highest BCUT2D eigenvalue weighted by molar-refractivity contribution is 7.14. The smallest absolute Gasteiger partial charge is 0.255 e. The largest absolute Gasteiger partial charge is 0.454 e. The lowest BCUT2D eigenvalue weighted by atomic mass is 10.1. The van der Waals surface area contributed by atoms with Gasteiger partial charge in [0.05, 0.1) is 5.69 Å². The average Bonchev–Trinajstić information content (AvgIpc) is 3.27. The number of amides is 1. The first-order valence-corrected chi connectivity index (χ1v) is 7.95. The molecular formula is C15H14N2O4S. The molecule has 2 aliphatic rings. The summed E-state index contributed by atoms with van der Waals surface area (Å²) in [6.07, 6.45) is 1.35. The number of nitrogens with zero attached hydrogens (tertiary/aromatic N) is 1. The fraction of sp³-hybridized carbons (Fsp3) is 0.333. The Balaban J connectivity index is 1.50. The summed E-state index contributed by atoms with van der Waals surface area (Å²) in [5.41, 5.74) is 1.73. The summed E-state index contributed by atoms with van der Waals surface area (Å²) < 4.78 is 16.0. The van der Waals surface area contributed by atoms with E-state index >= 15 is 0 Å². The monoisotopic (exact) mass is 318 g/mol. The highest BCUT2D eigenvalue weighted by Crippen LogP contribution is 2.36. The van der Waals surface area contributed by atoms with Crippen molar-refractivity contribution in [2.75, 3.05) is 18.7 Å². The van der Waals surface area contributed by atoms with Gasteiger partial charge in [-0.2, -0.15) is 0 Å². The molecule has 114 valence electrons. The van der Waals surface area contributed by atoms with Gasteiger partial charge in [0.1, 0.15) is 6.10 Å². The molecule has 0 unspecified atom stereocenters. The average molecular weight is 318 g/mol. The first-order valence-electron chi connectivity index (χ1n) is 7.07. The van der Waals surface area contributed by atoms with Crippen LogP contribution < -0.4 is 14.8 Å². The number of rotatable bonds is 3. The van der Waals surface area contributed by atoms with Gasteiger partial charge in [-0.15, -0.1) is 11.3 Å². The molecule has 4 rings (SSSR count). The molecule has 6 nitrogen and oxygen atoms in total. The fourth-order valence-electron chi connectivity index (χ4n) is 2.49. The van der Waals surface area contributed by atoms with Gasteiger partial charge in [-0.25, -0.2) is 4.98 Å². The Morgan fingerprint density at radius 3 is 3.09 bits per heavy atom. The third kappa shape index (κ3) is 2.53. The van der Waals surface area contributed by atoms with Crippen LogP contribution in [0.5, 0.6) is 11.5 Å². The third-order valence-corrected chi connectivity index (χ3v) is 4.38. The Hall–Kier alpha value is -2.12. The van der Waals surface area contributed by atoms with Crippen molar-refractivity contribution in [2.45, 2.75) is 18.9 Å². The first-order chi connectivity index (χ1) is 10.8. The second-order valence-corrected chi connectivity index (χ2v) is 5.95. The minimum atomic E-state index is -0.349. The summed E-state index contributed by atoms with van der Waals surface area (Å²) in [5, 5.41) is 5.30.